The van der Waals surface area contributed by atoms with Crippen LogP contribution < -0.4 is 10.6 Å². The quantitative estimate of drug-likeness (QED) is 0.842. The molecule has 1 fully saturated rings. The van der Waals surface area contributed by atoms with Crippen LogP contribution in [0, 0.1) is 0 Å². The van der Waals surface area contributed by atoms with Gasteiger partial charge in [0, 0.05) is 30.5 Å². The van der Waals surface area contributed by atoms with Gasteiger partial charge in [-0.25, -0.2) is 4.79 Å². The molecule has 0 atom stereocenters. The second-order valence-electron chi connectivity index (χ2n) is 6.07. The molecule has 2 N–H and O–H groups in total. The number of amides is 2. The maximum Gasteiger partial charge on any atom is 0.315 e. The molecular formula is C18H23N3O2. The van der Waals surface area contributed by atoms with Crippen LogP contribution in [-0.2, 0) is 6.54 Å². The van der Waals surface area contributed by atoms with Gasteiger partial charge >= 0.3 is 6.03 Å². The molecule has 5 nitrogen and oxygen atoms in total. The molecule has 0 aromatic carbocycles. The molecule has 1 saturated carbocycles. The minimum absolute atomic E-state index is 0.0969. The number of hydrogen-bond donors (Lipinski definition) is 2. The average molecular weight is 313 g/mol. The van der Waals surface area contributed by atoms with Gasteiger partial charge in [-0.3, -0.25) is 4.98 Å². The predicted octanol–water partition coefficient (Wildman–Crippen LogP) is 3.86. The molecule has 0 unspecified atom stereocenters. The number of urea groups is 1. The van der Waals surface area contributed by atoms with Crippen LogP contribution in [0.4, 0.5) is 4.79 Å². The number of nitrogens with one attached hydrogen (secondary N) is 2. The van der Waals surface area contributed by atoms with Crippen LogP contribution in [0.3, 0.4) is 0 Å². The van der Waals surface area contributed by atoms with E-state index in [0.717, 1.165) is 29.7 Å². The van der Waals surface area contributed by atoms with Gasteiger partial charge in [0.25, 0.3) is 0 Å². The van der Waals surface area contributed by atoms with Crippen LogP contribution in [0.5, 0.6) is 0 Å². The molecule has 1 aliphatic rings. The van der Waals surface area contributed by atoms with E-state index in [1.165, 1.54) is 25.7 Å². The van der Waals surface area contributed by atoms with E-state index in [0.29, 0.717) is 12.6 Å². The third kappa shape index (κ3) is 4.58. The summed E-state index contributed by atoms with van der Waals surface area (Å²) in [5.74, 6) is 0.780. The van der Waals surface area contributed by atoms with Crippen molar-refractivity contribution in [3.8, 4) is 11.3 Å². The normalized spacial score (nSPS) is 15.8. The topological polar surface area (TPSA) is 67.2 Å². The number of aromatic nitrogens is 1. The lowest BCUT2D eigenvalue weighted by atomic mass is 10.1. The highest BCUT2D eigenvalue weighted by atomic mass is 16.3. The summed E-state index contributed by atoms with van der Waals surface area (Å²) >= 11 is 0. The van der Waals surface area contributed by atoms with Crippen molar-refractivity contribution in [3.63, 3.8) is 0 Å². The Morgan fingerprint density at radius 1 is 1.22 bits per heavy atom. The summed E-state index contributed by atoms with van der Waals surface area (Å²) < 4.78 is 5.37. The van der Waals surface area contributed by atoms with Gasteiger partial charge < -0.3 is 15.1 Å². The summed E-state index contributed by atoms with van der Waals surface area (Å²) in [7, 11) is 0. The molecule has 2 heterocycles. The Morgan fingerprint density at radius 2 is 2.04 bits per heavy atom. The molecule has 0 saturated heterocycles. The van der Waals surface area contributed by atoms with Crippen LogP contribution >= 0.6 is 0 Å². The van der Waals surface area contributed by atoms with Gasteiger partial charge in [0.05, 0.1) is 6.26 Å². The van der Waals surface area contributed by atoms with Crippen LogP contribution in [0.25, 0.3) is 11.3 Å². The van der Waals surface area contributed by atoms with Gasteiger partial charge in [0.15, 0.2) is 0 Å². The number of hydrogen-bond acceptors (Lipinski definition) is 3. The summed E-state index contributed by atoms with van der Waals surface area (Å²) in [4.78, 5) is 16.3. The lowest BCUT2D eigenvalue weighted by Crippen LogP contribution is -2.41. The van der Waals surface area contributed by atoms with Gasteiger partial charge in [0.1, 0.15) is 5.76 Å². The summed E-state index contributed by atoms with van der Waals surface area (Å²) in [5, 5.41) is 6.00. The molecule has 3 rings (SSSR count). The van der Waals surface area contributed by atoms with Crippen LogP contribution in [0.1, 0.15) is 44.1 Å². The Kier molecular flexibility index (Phi) is 5.29. The van der Waals surface area contributed by atoms with Gasteiger partial charge in [-0.2, -0.15) is 0 Å². The van der Waals surface area contributed by atoms with Crippen molar-refractivity contribution >= 4 is 6.03 Å². The molecule has 1 aliphatic carbocycles. The minimum atomic E-state index is -0.0969. The first-order valence-corrected chi connectivity index (χ1v) is 8.33. The summed E-state index contributed by atoms with van der Waals surface area (Å²) in [6.45, 7) is 0.458. The first kappa shape index (κ1) is 15.6. The molecule has 0 radical (unpaired) electrons. The van der Waals surface area contributed by atoms with E-state index in [2.05, 4.69) is 15.6 Å². The van der Waals surface area contributed by atoms with Gasteiger partial charge in [-0.1, -0.05) is 25.7 Å². The lowest BCUT2D eigenvalue weighted by Gasteiger charge is -2.16. The second-order valence-corrected chi connectivity index (χ2v) is 6.07. The first-order valence-electron chi connectivity index (χ1n) is 8.33. The fourth-order valence-corrected chi connectivity index (χ4v) is 3.00. The Morgan fingerprint density at radius 3 is 2.78 bits per heavy atom. The van der Waals surface area contributed by atoms with Crippen molar-refractivity contribution in [2.75, 3.05) is 0 Å². The van der Waals surface area contributed by atoms with E-state index in [4.69, 9.17) is 4.42 Å². The molecule has 0 bridgehead atoms. The summed E-state index contributed by atoms with van der Waals surface area (Å²) in [6.07, 6.45) is 12.3. The maximum absolute atomic E-state index is 12.0. The lowest BCUT2D eigenvalue weighted by molar-refractivity contribution is 0.235. The minimum Gasteiger partial charge on any atom is -0.464 e. The van der Waals surface area contributed by atoms with E-state index >= 15 is 0 Å². The first-order chi connectivity index (χ1) is 11.3. The smallest absolute Gasteiger partial charge is 0.315 e. The standard InChI is InChI=1S/C18H23N3O2/c22-18(21-16-6-3-1-2-4-7-16)20-12-14-10-15(13-19-11-14)17-8-5-9-23-17/h5,8-11,13,16H,1-4,6-7,12H2,(H2,20,21,22). The molecule has 2 aromatic heterocycles. The fourth-order valence-electron chi connectivity index (χ4n) is 3.00. The number of rotatable bonds is 4. The average Bonchev–Trinajstić information content (AvgIpc) is 2.99. The Bertz CT molecular complexity index is 617. The number of carbonyl (C=O) groups is 1. The zero-order valence-corrected chi connectivity index (χ0v) is 13.3. The highest BCUT2D eigenvalue weighted by molar-refractivity contribution is 5.74. The number of nitrogens with zero attached hydrogens (tertiary/aromatic N) is 1. The molecular weight excluding hydrogens is 290 g/mol. The third-order valence-corrected chi connectivity index (χ3v) is 4.24. The largest absolute Gasteiger partial charge is 0.464 e. The predicted molar refractivity (Wildman–Crippen MR) is 88.8 cm³/mol. The molecule has 23 heavy (non-hydrogen) atoms. The monoisotopic (exact) mass is 313 g/mol. The van der Waals surface area contributed by atoms with Crippen molar-refractivity contribution < 1.29 is 9.21 Å². The van der Waals surface area contributed by atoms with Crippen LogP contribution in [0.2, 0.25) is 0 Å². The molecule has 5 heteroatoms. The van der Waals surface area contributed by atoms with E-state index in [9.17, 15) is 4.79 Å². The van der Waals surface area contributed by atoms with Crippen molar-refractivity contribution in [1.29, 1.82) is 0 Å². The third-order valence-electron chi connectivity index (χ3n) is 4.24. The van der Waals surface area contributed by atoms with Crippen molar-refractivity contribution in [3.05, 3.63) is 42.4 Å². The molecule has 2 aromatic rings. The van der Waals surface area contributed by atoms with E-state index < -0.39 is 0 Å². The highest BCUT2D eigenvalue weighted by Crippen LogP contribution is 2.19. The van der Waals surface area contributed by atoms with E-state index in [1.807, 2.05) is 18.2 Å². The molecule has 0 aliphatic heterocycles. The van der Waals surface area contributed by atoms with E-state index in [1.54, 1.807) is 18.7 Å². The fraction of sp³-hybridized carbons (Fsp3) is 0.444. The van der Waals surface area contributed by atoms with Gasteiger partial charge in [-0.15, -0.1) is 0 Å². The van der Waals surface area contributed by atoms with Crippen LogP contribution in [0.15, 0.2) is 41.3 Å². The number of carbonyl (C=O) groups excluding carboxylic acids is 1. The van der Waals surface area contributed by atoms with Crippen molar-refractivity contribution in [2.45, 2.75) is 51.1 Å². The SMILES string of the molecule is O=C(NCc1cncc(-c2ccco2)c1)NC1CCCCCC1. The van der Waals surface area contributed by atoms with Gasteiger partial charge in [0.2, 0.25) is 0 Å². The zero-order chi connectivity index (χ0) is 15.9. The Balaban J connectivity index is 1.51. The van der Waals surface area contributed by atoms with Crippen LogP contribution in [-0.4, -0.2) is 17.1 Å². The van der Waals surface area contributed by atoms with Crippen molar-refractivity contribution in [2.24, 2.45) is 0 Å². The second kappa shape index (κ2) is 7.81. The van der Waals surface area contributed by atoms with E-state index in [-0.39, 0.29) is 6.03 Å². The zero-order valence-electron chi connectivity index (χ0n) is 13.3. The molecule has 2 amide bonds. The number of pyridine rings is 1. The Hall–Kier alpha value is -2.30. The Labute approximate surface area is 136 Å². The summed E-state index contributed by atoms with van der Waals surface area (Å²) in [5.41, 5.74) is 1.87. The summed E-state index contributed by atoms with van der Waals surface area (Å²) in [6, 6.07) is 5.94. The van der Waals surface area contributed by atoms with Gasteiger partial charge in [-0.05, 0) is 36.6 Å². The van der Waals surface area contributed by atoms with Crippen molar-refractivity contribution in [1.82, 2.24) is 15.6 Å². The number of furan rings is 1. The highest BCUT2D eigenvalue weighted by Gasteiger charge is 2.14. The molecule has 0 spiro atoms. The maximum atomic E-state index is 12.0. The molecule has 122 valence electrons.